The number of carboxylic acids is 1. The summed E-state index contributed by atoms with van der Waals surface area (Å²) in [6.45, 7) is 0. The van der Waals surface area contributed by atoms with Crippen LogP contribution < -0.4 is 4.74 Å². The molecule has 0 amide bonds. The Labute approximate surface area is 190 Å². The zero-order chi connectivity index (χ0) is 22.6. The van der Waals surface area contributed by atoms with Gasteiger partial charge in [-0.3, -0.25) is 4.79 Å². The molecule has 0 saturated carbocycles. The van der Waals surface area contributed by atoms with E-state index in [-0.39, 0.29) is 11.3 Å². The fourth-order valence-corrected chi connectivity index (χ4v) is 4.58. The van der Waals surface area contributed by atoms with Crippen molar-refractivity contribution in [3.8, 4) is 11.5 Å². The first kappa shape index (κ1) is 23.1. The minimum absolute atomic E-state index is 0.0579. The Morgan fingerprint density at radius 1 is 1.00 bits per heavy atom. The summed E-state index contributed by atoms with van der Waals surface area (Å²) in [6, 6.07) is 17.9. The molecule has 3 aromatic rings. The molecular weight excluding hydrogens is 461 g/mol. The molecule has 0 aliphatic heterocycles. The van der Waals surface area contributed by atoms with Crippen LogP contribution in [-0.2, 0) is 21.2 Å². The highest BCUT2D eigenvalue weighted by atomic mass is 35.5. The second kappa shape index (κ2) is 9.70. The van der Waals surface area contributed by atoms with Gasteiger partial charge in [-0.2, -0.15) is 4.31 Å². The van der Waals surface area contributed by atoms with E-state index in [2.05, 4.69) is 0 Å². The monoisotopic (exact) mass is 479 g/mol. The highest BCUT2D eigenvalue weighted by molar-refractivity contribution is 7.89. The number of para-hydroxylation sites is 1. The summed E-state index contributed by atoms with van der Waals surface area (Å²) in [5.74, 6) is -0.357. The molecule has 9 heteroatoms. The molecule has 0 aromatic heterocycles. The molecule has 1 atom stereocenters. The van der Waals surface area contributed by atoms with Gasteiger partial charge in [0.15, 0.2) is 0 Å². The Hall–Kier alpha value is -2.58. The van der Waals surface area contributed by atoms with E-state index in [4.69, 9.17) is 27.9 Å². The summed E-state index contributed by atoms with van der Waals surface area (Å²) in [5, 5.41) is 10.6. The lowest BCUT2D eigenvalue weighted by Crippen LogP contribution is -2.43. The van der Waals surface area contributed by atoms with E-state index in [0.29, 0.717) is 27.1 Å². The van der Waals surface area contributed by atoms with Crippen molar-refractivity contribution >= 4 is 39.2 Å². The largest absolute Gasteiger partial charge is 0.480 e. The molecule has 162 valence electrons. The fraction of sp³-hybridized carbons (Fsp3) is 0.136. The van der Waals surface area contributed by atoms with Gasteiger partial charge in [0, 0.05) is 23.5 Å². The van der Waals surface area contributed by atoms with E-state index in [0.717, 1.165) is 4.31 Å². The Kier molecular flexibility index (Phi) is 7.23. The van der Waals surface area contributed by atoms with Crippen molar-refractivity contribution in [1.29, 1.82) is 0 Å². The van der Waals surface area contributed by atoms with Crippen LogP contribution in [0.1, 0.15) is 5.56 Å². The van der Waals surface area contributed by atoms with Gasteiger partial charge in [-0.1, -0.05) is 41.4 Å². The van der Waals surface area contributed by atoms with Crippen LogP contribution in [0.5, 0.6) is 11.5 Å². The van der Waals surface area contributed by atoms with Gasteiger partial charge < -0.3 is 9.84 Å². The van der Waals surface area contributed by atoms with Gasteiger partial charge in [0.1, 0.15) is 17.5 Å². The number of hydrogen-bond donors (Lipinski definition) is 1. The summed E-state index contributed by atoms with van der Waals surface area (Å²) in [6.07, 6.45) is -0.151. The number of carbonyl (C=O) groups is 1. The third-order valence-electron chi connectivity index (χ3n) is 4.62. The summed E-state index contributed by atoms with van der Waals surface area (Å²) in [5.41, 5.74) is 0.460. The van der Waals surface area contributed by atoms with Gasteiger partial charge in [-0.05, 0) is 60.2 Å². The molecule has 0 heterocycles. The molecule has 0 aliphatic rings. The van der Waals surface area contributed by atoms with Crippen molar-refractivity contribution < 1.29 is 23.1 Å². The first-order chi connectivity index (χ1) is 14.7. The second-order valence-corrected chi connectivity index (χ2v) is 9.57. The predicted molar refractivity (Wildman–Crippen MR) is 119 cm³/mol. The number of aliphatic carboxylic acids is 1. The van der Waals surface area contributed by atoms with Crippen LogP contribution in [0.15, 0.2) is 77.7 Å². The number of nitrogens with zero attached hydrogens (tertiary/aromatic N) is 1. The molecule has 0 spiro atoms. The maximum atomic E-state index is 13.0. The highest BCUT2D eigenvalue weighted by Crippen LogP contribution is 2.30. The second-order valence-electron chi connectivity index (χ2n) is 6.70. The van der Waals surface area contributed by atoms with E-state index < -0.39 is 22.0 Å². The minimum Gasteiger partial charge on any atom is -0.480 e. The zero-order valence-corrected chi connectivity index (χ0v) is 18.7. The summed E-state index contributed by atoms with van der Waals surface area (Å²) in [7, 11) is -2.85. The fourth-order valence-electron chi connectivity index (χ4n) is 2.94. The molecule has 0 radical (unpaired) electrons. The topological polar surface area (TPSA) is 83.9 Å². The average Bonchev–Trinajstić information content (AvgIpc) is 2.74. The Morgan fingerprint density at radius 2 is 1.61 bits per heavy atom. The lowest BCUT2D eigenvalue weighted by molar-refractivity contribution is -0.141. The standard InChI is InChI=1S/C22H19Cl2NO5S/c1-25(31(28,29)19-10-7-16(23)8-11-19)20(22(26)27)14-15-13-17(24)9-12-21(15)30-18-5-3-2-4-6-18/h2-13,20H,14H2,1H3,(H,26,27)/t20-/m1/s1. The van der Waals surface area contributed by atoms with Crippen LogP contribution >= 0.6 is 23.2 Å². The van der Waals surface area contributed by atoms with Crippen LogP contribution in [0.25, 0.3) is 0 Å². The van der Waals surface area contributed by atoms with Crippen molar-refractivity contribution in [1.82, 2.24) is 4.31 Å². The Balaban J connectivity index is 1.93. The number of halogens is 2. The number of rotatable bonds is 8. The van der Waals surface area contributed by atoms with Crippen molar-refractivity contribution in [2.75, 3.05) is 7.05 Å². The molecule has 1 N–H and O–H groups in total. The quantitative estimate of drug-likeness (QED) is 0.485. The van der Waals surface area contributed by atoms with Gasteiger partial charge in [0.05, 0.1) is 4.90 Å². The third-order valence-corrected chi connectivity index (χ3v) is 6.99. The van der Waals surface area contributed by atoms with Crippen LogP contribution in [0, 0.1) is 0 Å². The number of likely N-dealkylation sites (N-methyl/N-ethyl adjacent to an activating group) is 1. The third kappa shape index (κ3) is 5.57. The number of sulfonamides is 1. The predicted octanol–water partition coefficient (Wildman–Crippen LogP) is 5.10. The number of benzene rings is 3. The highest BCUT2D eigenvalue weighted by Gasteiger charge is 2.33. The van der Waals surface area contributed by atoms with Gasteiger partial charge in [0.2, 0.25) is 10.0 Å². The molecule has 0 aliphatic carbocycles. The number of hydrogen-bond acceptors (Lipinski definition) is 4. The van der Waals surface area contributed by atoms with E-state index >= 15 is 0 Å². The maximum Gasteiger partial charge on any atom is 0.322 e. The first-order valence-corrected chi connectivity index (χ1v) is 11.4. The SMILES string of the molecule is CN([C@H](Cc1cc(Cl)ccc1Oc1ccccc1)C(=O)O)S(=O)(=O)c1ccc(Cl)cc1. The number of carboxylic acid groups (broad SMARTS) is 1. The van der Waals surface area contributed by atoms with Crippen molar-refractivity contribution in [2.45, 2.75) is 17.4 Å². The lowest BCUT2D eigenvalue weighted by atomic mass is 10.0. The van der Waals surface area contributed by atoms with Gasteiger partial charge >= 0.3 is 5.97 Å². The molecule has 3 rings (SSSR count). The van der Waals surface area contributed by atoms with E-state index in [1.807, 2.05) is 6.07 Å². The normalized spacial score (nSPS) is 12.5. The lowest BCUT2D eigenvalue weighted by Gasteiger charge is -2.25. The molecule has 0 unspecified atom stereocenters. The molecule has 0 bridgehead atoms. The molecule has 3 aromatic carbocycles. The van der Waals surface area contributed by atoms with E-state index in [1.54, 1.807) is 42.5 Å². The molecule has 31 heavy (non-hydrogen) atoms. The molecule has 6 nitrogen and oxygen atoms in total. The van der Waals surface area contributed by atoms with E-state index in [1.165, 1.54) is 31.3 Å². The molecular formula is C22H19Cl2NO5S. The van der Waals surface area contributed by atoms with Crippen molar-refractivity contribution in [2.24, 2.45) is 0 Å². The molecule has 0 saturated heterocycles. The van der Waals surface area contributed by atoms with Crippen molar-refractivity contribution in [3.05, 3.63) is 88.4 Å². The van der Waals surface area contributed by atoms with Crippen molar-refractivity contribution in [3.63, 3.8) is 0 Å². The minimum atomic E-state index is -4.08. The zero-order valence-electron chi connectivity index (χ0n) is 16.4. The summed E-state index contributed by atoms with van der Waals surface area (Å²) < 4.78 is 32.7. The Morgan fingerprint density at radius 3 is 2.23 bits per heavy atom. The van der Waals surface area contributed by atoms with Gasteiger partial charge in [0.25, 0.3) is 0 Å². The summed E-state index contributed by atoms with van der Waals surface area (Å²) in [4.78, 5) is 12.0. The number of ether oxygens (including phenoxy) is 1. The Bertz CT molecular complexity index is 1170. The van der Waals surface area contributed by atoms with Crippen LogP contribution in [0.3, 0.4) is 0 Å². The van der Waals surface area contributed by atoms with Crippen LogP contribution in [-0.4, -0.2) is 36.9 Å². The van der Waals surface area contributed by atoms with Gasteiger partial charge in [-0.15, -0.1) is 0 Å². The molecule has 0 fully saturated rings. The first-order valence-electron chi connectivity index (χ1n) is 9.16. The van der Waals surface area contributed by atoms with E-state index in [9.17, 15) is 18.3 Å². The van der Waals surface area contributed by atoms with Gasteiger partial charge in [-0.25, -0.2) is 8.42 Å². The smallest absolute Gasteiger partial charge is 0.322 e. The van der Waals surface area contributed by atoms with Crippen LogP contribution in [0.2, 0.25) is 10.0 Å². The summed E-state index contributed by atoms with van der Waals surface area (Å²) >= 11 is 11.9. The maximum absolute atomic E-state index is 13.0. The average molecular weight is 480 g/mol. The van der Waals surface area contributed by atoms with Crippen LogP contribution in [0.4, 0.5) is 0 Å².